The van der Waals surface area contributed by atoms with E-state index in [1.165, 1.54) is 12.1 Å². The van der Waals surface area contributed by atoms with Crippen LogP contribution in [0.3, 0.4) is 0 Å². The van der Waals surface area contributed by atoms with Crippen molar-refractivity contribution in [1.82, 2.24) is 10.3 Å². The molecule has 2 heterocycles. The molecular weight excluding hydrogens is 430 g/mol. The van der Waals surface area contributed by atoms with Gasteiger partial charge in [-0.3, -0.25) is 14.5 Å². The van der Waals surface area contributed by atoms with Crippen LogP contribution in [0.5, 0.6) is 11.5 Å². The first-order valence-electron chi connectivity index (χ1n) is 10.2. The zero-order valence-corrected chi connectivity index (χ0v) is 18.3. The van der Waals surface area contributed by atoms with Crippen LogP contribution in [-0.4, -0.2) is 32.5 Å². The predicted molar refractivity (Wildman–Crippen MR) is 119 cm³/mol. The first kappa shape index (κ1) is 21.6. The van der Waals surface area contributed by atoms with Crippen molar-refractivity contribution in [1.29, 1.82) is 0 Å². The third-order valence-corrected chi connectivity index (χ3v) is 6.34. The van der Waals surface area contributed by atoms with Gasteiger partial charge in [0.1, 0.15) is 0 Å². The molecule has 1 atom stereocenters. The number of hydrogen-bond acceptors (Lipinski definition) is 6. The molecule has 2 aromatic carbocycles. The summed E-state index contributed by atoms with van der Waals surface area (Å²) < 4.78 is 39.2. The molecule has 0 fully saturated rings. The average Bonchev–Trinajstić information content (AvgIpc) is 3.05. The third kappa shape index (κ3) is 5.00. The van der Waals surface area contributed by atoms with Gasteiger partial charge < -0.3 is 14.8 Å². The Morgan fingerprint density at radius 3 is 2.50 bits per heavy atom. The Kier molecular flexibility index (Phi) is 6.27. The second kappa shape index (κ2) is 9.27. The van der Waals surface area contributed by atoms with Gasteiger partial charge in [-0.25, -0.2) is 8.42 Å². The van der Waals surface area contributed by atoms with E-state index in [1.807, 2.05) is 19.1 Å². The number of sulfonamides is 1. The Labute approximate surface area is 186 Å². The highest BCUT2D eigenvalue weighted by Gasteiger charge is 2.19. The number of fused-ring (bicyclic) bond motifs is 1. The molecule has 4 rings (SSSR count). The van der Waals surface area contributed by atoms with Gasteiger partial charge in [-0.15, -0.1) is 0 Å². The quantitative estimate of drug-likeness (QED) is 0.591. The average molecular weight is 454 g/mol. The van der Waals surface area contributed by atoms with Gasteiger partial charge in [-0.2, -0.15) is 0 Å². The van der Waals surface area contributed by atoms with E-state index in [4.69, 9.17) is 9.47 Å². The van der Waals surface area contributed by atoms with Crippen molar-refractivity contribution in [3.8, 4) is 11.5 Å². The molecule has 2 N–H and O–H groups in total. The van der Waals surface area contributed by atoms with Gasteiger partial charge in [0.25, 0.3) is 15.9 Å². The van der Waals surface area contributed by atoms with E-state index in [2.05, 4.69) is 15.0 Å². The number of pyridine rings is 1. The maximum Gasteiger partial charge on any atom is 0.262 e. The molecule has 166 valence electrons. The van der Waals surface area contributed by atoms with E-state index < -0.39 is 10.0 Å². The highest BCUT2D eigenvalue weighted by atomic mass is 32.2. The smallest absolute Gasteiger partial charge is 0.262 e. The Balaban J connectivity index is 1.44. The highest BCUT2D eigenvalue weighted by Crippen LogP contribution is 2.32. The predicted octanol–water partition coefficient (Wildman–Crippen LogP) is 3.53. The molecule has 9 heteroatoms. The molecule has 1 aromatic heterocycles. The van der Waals surface area contributed by atoms with Crippen molar-refractivity contribution in [2.24, 2.45) is 0 Å². The fourth-order valence-electron chi connectivity index (χ4n) is 3.21. The summed E-state index contributed by atoms with van der Waals surface area (Å²) in [5, 5.41) is 2.90. The molecular formula is C23H23N3O5S. The molecule has 1 unspecified atom stereocenters. The molecule has 32 heavy (non-hydrogen) atoms. The van der Waals surface area contributed by atoms with Crippen LogP contribution in [0.15, 0.2) is 71.9 Å². The summed E-state index contributed by atoms with van der Waals surface area (Å²) in [6.07, 6.45) is 4.10. The number of hydrogen-bond donors (Lipinski definition) is 2. The lowest BCUT2D eigenvalue weighted by molar-refractivity contribution is 0.0940. The fourth-order valence-corrected chi connectivity index (χ4v) is 4.28. The summed E-state index contributed by atoms with van der Waals surface area (Å²) in [7, 11) is -3.84. The van der Waals surface area contributed by atoms with E-state index in [9.17, 15) is 13.2 Å². The lowest BCUT2D eigenvalue weighted by Crippen LogP contribution is -2.26. The van der Waals surface area contributed by atoms with Crippen LogP contribution in [0.2, 0.25) is 0 Å². The Bertz CT molecular complexity index is 1200. The monoisotopic (exact) mass is 453 g/mol. The van der Waals surface area contributed by atoms with Gasteiger partial charge in [0.15, 0.2) is 11.5 Å². The van der Waals surface area contributed by atoms with Crippen LogP contribution in [0, 0.1) is 0 Å². The van der Waals surface area contributed by atoms with Crippen molar-refractivity contribution in [2.45, 2.75) is 24.3 Å². The number of benzene rings is 2. The van der Waals surface area contributed by atoms with Crippen molar-refractivity contribution in [2.75, 3.05) is 17.9 Å². The Morgan fingerprint density at radius 2 is 1.78 bits per heavy atom. The SMILES string of the molecule is CC(NC(=O)c1ccc(NS(=O)(=O)c2ccc3c(c2)OCCCO3)cc1)c1cccnc1. The van der Waals surface area contributed by atoms with Gasteiger partial charge in [0.05, 0.1) is 24.2 Å². The number of nitrogens with one attached hydrogen (secondary N) is 2. The van der Waals surface area contributed by atoms with Gasteiger partial charge in [0.2, 0.25) is 0 Å². The number of nitrogens with zero attached hydrogens (tertiary/aromatic N) is 1. The van der Waals surface area contributed by atoms with Crippen LogP contribution in [0.25, 0.3) is 0 Å². The van der Waals surface area contributed by atoms with Gasteiger partial charge in [0, 0.05) is 36.1 Å². The molecule has 0 aliphatic carbocycles. The largest absolute Gasteiger partial charge is 0.490 e. The Hall–Kier alpha value is -3.59. The first-order chi connectivity index (χ1) is 15.4. The van der Waals surface area contributed by atoms with Gasteiger partial charge >= 0.3 is 0 Å². The summed E-state index contributed by atoms with van der Waals surface area (Å²) in [5.41, 5.74) is 1.65. The summed E-state index contributed by atoms with van der Waals surface area (Å²) in [5.74, 6) is 0.663. The molecule has 1 amide bonds. The lowest BCUT2D eigenvalue weighted by Gasteiger charge is -2.14. The normalized spacial score (nSPS) is 14.2. The molecule has 8 nitrogen and oxygen atoms in total. The van der Waals surface area contributed by atoms with Crippen LogP contribution in [0.1, 0.15) is 35.3 Å². The molecule has 0 radical (unpaired) electrons. The standard InChI is InChI=1S/C23H23N3O5S/c1-16(18-4-2-11-24-15-18)25-23(27)17-5-7-19(8-6-17)26-32(28,29)20-9-10-21-22(14-20)31-13-3-12-30-21/h2,4-11,14-16,26H,3,12-13H2,1H3,(H,25,27). The maximum absolute atomic E-state index is 12.8. The molecule has 0 bridgehead atoms. The molecule has 1 aliphatic heterocycles. The summed E-state index contributed by atoms with van der Waals surface area (Å²) in [4.78, 5) is 16.6. The van der Waals surface area contributed by atoms with Crippen molar-refractivity contribution in [3.05, 3.63) is 78.1 Å². The minimum atomic E-state index is -3.84. The van der Waals surface area contributed by atoms with Crippen LogP contribution in [0.4, 0.5) is 5.69 Å². The zero-order chi connectivity index (χ0) is 22.6. The number of amides is 1. The summed E-state index contributed by atoms with van der Waals surface area (Å²) in [6, 6.07) is 14.2. The molecule has 0 spiro atoms. The number of carbonyl (C=O) groups is 1. The Morgan fingerprint density at radius 1 is 1.03 bits per heavy atom. The van der Waals surface area contributed by atoms with E-state index in [0.717, 1.165) is 12.0 Å². The second-order valence-corrected chi connectivity index (χ2v) is 9.01. The van der Waals surface area contributed by atoms with E-state index >= 15 is 0 Å². The fraction of sp³-hybridized carbons (Fsp3) is 0.217. The molecule has 3 aromatic rings. The van der Waals surface area contributed by atoms with Crippen molar-refractivity contribution >= 4 is 21.6 Å². The minimum absolute atomic E-state index is 0.0638. The van der Waals surface area contributed by atoms with Crippen molar-refractivity contribution < 1.29 is 22.7 Å². The molecule has 0 saturated carbocycles. The van der Waals surface area contributed by atoms with Gasteiger partial charge in [-0.05, 0) is 55.0 Å². The number of ether oxygens (including phenoxy) is 2. The number of carbonyl (C=O) groups excluding carboxylic acids is 1. The van der Waals surface area contributed by atoms with E-state index in [-0.39, 0.29) is 16.8 Å². The number of rotatable bonds is 6. The maximum atomic E-state index is 12.8. The molecule has 1 aliphatic rings. The topological polar surface area (TPSA) is 107 Å². The summed E-state index contributed by atoms with van der Waals surface area (Å²) in [6.45, 7) is 2.86. The summed E-state index contributed by atoms with van der Waals surface area (Å²) >= 11 is 0. The minimum Gasteiger partial charge on any atom is -0.490 e. The second-order valence-electron chi connectivity index (χ2n) is 7.32. The van der Waals surface area contributed by atoms with E-state index in [1.54, 1.807) is 42.7 Å². The zero-order valence-electron chi connectivity index (χ0n) is 17.4. The number of aromatic nitrogens is 1. The van der Waals surface area contributed by atoms with Crippen LogP contribution < -0.4 is 19.5 Å². The van der Waals surface area contributed by atoms with Crippen LogP contribution in [-0.2, 0) is 10.0 Å². The van der Waals surface area contributed by atoms with Crippen LogP contribution >= 0.6 is 0 Å². The van der Waals surface area contributed by atoms with Crippen molar-refractivity contribution in [3.63, 3.8) is 0 Å². The third-order valence-electron chi connectivity index (χ3n) is 4.96. The highest BCUT2D eigenvalue weighted by molar-refractivity contribution is 7.92. The molecule has 0 saturated heterocycles. The number of anilines is 1. The first-order valence-corrected chi connectivity index (χ1v) is 11.6. The lowest BCUT2D eigenvalue weighted by atomic mass is 10.1. The van der Waals surface area contributed by atoms with Gasteiger partial charge in [-0.1, -0.05) is 6.07 Å². The van der Waals surface area contributed by atoms with E-state index in [0.29, 0.717) is 36.0 Å².